The maximum absolute atomic E-state index is 5.11. The molecule has 1 heterocycles. The highest BCUT2D eigenvalue weighted by Gasteiger charge is 2.21. The number of hydrogen-bond donors (Lipinski definition) is 0. The summed E-state index contributed by atoms with van der Waals surface area (Å²) in [5, 5.41) is 2.71. The van der Waals surface area contributed by atoms with Crippen LogP contribution in [0.25, 0.3) is 33.5 Å². The largest absolute Gasteiger partial charge is 0.327 e. The molecule has 2 nitrogen and oxygen atoms in total. The topological polar surface area (TPSA) is 17.8 Å². The summed E-state index contributed by atoms with van der Waals surface area (Å²) in [7, 11) is 2.16. The van der Waals surface area contributed by atoms with Crippen LogP contribution < -0.4 is 0 Å². The molecule has 5 rings (SSSR count). The average molecular weight is 312 g/mol. The number of aromatic nitrogens is 2. The molecular weight excluding hydrogens is 292 g/mol. The summed E-state index contributed by atoms with van der Waals surface area (Å²) in [5.74, 6) is 1.12. The highest BCUT2D eigenvalue weighted by atomic mass is 15.1. The van der Waals surface area contributed by atoms with Gasteiger partial charge in [0.1, 0.15) is 5.82 Å². The molecule has 0 atom stereocenters. The van der Waals surface area contributed by atoms with Crippen molar-refractivity contribution < 1.29 is 0 Å². The molecule has 0 N–H and O–H groups in total. The molecule has 0 bridgehead atoms. The zero-order valence-electron chi connectivity index (χ0n) is 13.9. The van der Waals surface area contributed by atoms with Crippen LogP contribution in [0.5, 0.6) is 0 Å². The van der Waals surface area contributed by atoms with E-state index in [0.717, 1.165) is 37.0 Å². The van der Waals surface area contributed by atoms with E-state index in [9.17, 15) is 0 Å². The third-order valence-electron chi connectivity index (χ3n) is 5.33. The molecule has 0 unspecified atom stereocenters. The summed E-state index contributed by atoms with van der Waals surface area (Å²) in [4.78, 5) is 5.11. The van der Waals surface area contributed by atoms with E-state index >= 15 is 0 Å². The predicted octanol–water partition coefficient (Wildman–Crippen LogP) is 5.42. The Bertz CT molecular complexity index is 1060. The number of rotatable bonds is 1. The minimum Gasteiger partial charge on any atom is -0.327 e. The number of benzene rings is 2. The van der Waals surface area contributed by atoms with Crippen molar-refractivity contribution in [1.29, 1.82) is 0 Å². The van der Waals surface area contributed by atoms with Gasteiger partial charge < -0.3 is 4.57 Å². The molecule has 2 aromatic carbocycles. The maximum atomic E-state index is 5.11. The van der Waals surface area contributed by atoms with Crippen molar-refractivity contribution in [2.24, 2.45) is 7.05 Å². The quantitative estimate of drug-likeness (QED) is 0.586. The Hall–Kier alpha value is -2.61. The highest BCUT2D eigenvalue weighted by molar-refractivity contribution is 6.10. The van der Waals surface area contributed by atoms with E-state index in [1.807, 2.05) is 0 Å². The van der Waals surface area contributed by atoms with Crippen molar-refractivity contribution in [1.82, 2.24) is 9.55 Å². The highest BCUT2D eigenvalue weighted by Crippen LogP contribution is 2.37. The van der Waals surface area contributed by atoms with Crippen LogP contribution in [-0.4, -0.2) is 9.55 Å². The second-order valence-electron chi connectivity index (χ2n) is 6.73. The normalized spacial score (nSPS) is 16.6. The lowest BCUT2D eigenvalue weighted by atomic mass is 9.90. The van der Waals surface area contributed by atoms with Crippen LogP contribution in [0, 0.1) is 0 Å². The molecule has 118 valence electrons. The van der Waals surface area contributed by atoms with E-state index < -0.39 is 0 Å². The molecule has 2 heteroatoms. The van der Waals surface area contributed by atoms with Crippen LogP contribution in [0.2, 0.25) is 0 Å². The summed E-state index contributed by atoms with van der Waals surface area (Å²) >= 11 is 0. The number of allylic oxidation sites excluding steroid dienone is 5. The molecule has 0 spiro atoms. The number of fused-ring (bicyclic) bond motifs is 6. The first-order valence-electron chi connectivity index (χ1n) is 8.77. The SMILES string of the molecule is Cn1c(C2=CC=CCC2)nc2c3c(c4ccccc4c21)CCC=C3. The summed E-state index contributed by atoms with van der Waals surface area (Å²) in [6.07, 6.45) is 15.6. The van der Waals surface area contributed by atoms with Crippen molar-refractivity contribution in [3.63, 3.8) is 0 Å². The van der Waals surface area contributed by atoms with Gasteiger partial charge in [-0.3, -0.25) is 0 Å². The zero-order chi connectivity index (χ0) is 16.1. The molecule has 0 saturated carbocycles. The Labute approximate surface area is 141 Å². The van der Waals surface area contributed by atoms with Crippen molar-refractivity contribution in [3.05, 3.63) is 65.5 Å². The Morgan fingerprint density at radius 3 is 2.67 bits per heavy atom. The van der Waals surface area contributed by atoms with E-state index in [4.69, 9.17) is 4.98 Å². The first-order chi connectivity index (χ1) is 11.8. The second-order valence-corrected chi connectivity index (χ2v) is 6.73. The Morgan fingerprint density at radius 1 is 1.00 bits per heavy atom. The van der Waals surface area contributed by atoms with Gasteiger partial charge >= 0.3 is 0 Å². The maximum Gasteiger partial charge on any atom is 0.136 e. The number of imidazole rings is 1. The zero-order valence-corrected chi connectivity index (χ0v) is 13.9. The molecule has 0 amide bonds. The van der Waals surface area contributed by atoms with E-state index in [2.05, 4.69) is 66.3 Å². The van der Waals surface area contributed by atoms with Gasteiger partial charge in [-0.15, -0.1) is 0 Å². The Kier molecular flexibility index (Phi) is 2.99. The molecule has 2 aliphatic carbocycles. The summed E-state index contributed by atoms with van der Waals surface area (Å²) in [5.41, 5.74) is 6.55. The molecular formula is C22H20N2. The molecule has 0 aliphatic heterocycles. The Morgan fingerprint density at radius 2 is 1.83 bits per heavy atom. The molecule has 0 saturated heterocycles. The molecule has 1 aromatic heterocycles. The van der Waals surface area contributed by atoms with Crippen LogP contribution in [0.1, 0.15) is 36.2 Å². The van der Waals surface area contributed by atoms with Crippen molar-refractivity contribution in [2.75, 3.05) is 0 Å². The van der Waals surface area contributed by atoms with Gasteiger partial charge in [-0.2, -0.15) is 0 Å². The minimum atomic E-state index is 1.07. The van der Waals surface area contributed by atoms with E-state index in [0.29, 0.717) is 0 Å². The van der Waals surface area contributed by atoms with Crippen LogP contribution >= 0.6 is 0 Å². The Balaban J connectivity index is 1.93. The summed E-state index contributed by atoms with van der Waals surface area (Å²) < 4.78 is 2.30. The molecule has 2 aliphatic rings. The molecule has 0 fully saturated rings. The van der Waals surface area contributed by atoms with Crippen molar-refractivity contribution >= 4 is 33.5 Å². The fourth-order valence-electron chi connectivity index (χ4n) is 4.19. The second kappa shape index (κ2) is 5.20. The third kappa shape index (κ3) is 1.86. The first-order valence-corrected chi connectivity index (χ1v) is 8.77. The monoisotopic (exact) mass is 312 g/mol. The standard InChI is InChI=1S/C22H20N2/c1-24-21-19-14-8-6-12-17(19)16-11-5-7-13-18(16)20(21)23-22(24)15-9-3-2-4-10-15/h2-3,6-9,12-14H,4-5,10-11H2,1H3. The van der Waals surface area contributed by atoms with Gasteiger partial charge in [0.25, 0.3) is 0 Å². The molecule has 24 heavy (non-hydrogen) atoms. The summed E-state index contributed by atoms with van der Waals surface area (Å²) in [6.45, 7) is 0. The van der Waals surface area contributed by atoms with Gasteiger partial charge in [0.2, 0.25) is 0 Å². The first kappa shape index (κ1) is 13.8. The number of hydrogen-bond acceptors (Lipinski definition) is 1. The van der Waals surface area contributed by atoms with Crippen LogP contribution in [-0.2, 0) is 13.5 Å². The van der Waals surface area contributed by atoms with Crippen LogP contribution in [0.15, 0.2) is 48.6 Å². The lowest BCUT2D eigenvalue weighted by Gasteiger charge is -2.15. The molecule has 0 radical (unpaired) electrons. The van der Waals surface area contributed by atoms with E-state index in [-0.39, 0.29) is 0 Å². The van der Waals surface area contributed by atoms with Crippen molar-refractivity contribution in [2.45, 2.75) is 25.7 Å². The summed E-state index contributed by atoms with van der Waals surface area (Å²) in [6, 6.07) is 8.81. The lowest BCUT2D eigenvalue weighted by Crippen LogP contribution is -2.00. The fourth-order valence-corrected chi connectivity index (χ4v) is 4.19. The van der Waals surface area contributed by atoms with Gasteiger partial charge in [0.05, 0.1) is 11.0 Å². The van der Waals surface area contributed by atoms with E-state index in [1.165, 1.54) is 33.0 Å². The number of nitrogens with zero attached hydrogens (tertiary/aromatic N) is 2. The van der Waals surface area contributed by atoms with Gasteiger partial charge in [0.15, 0.2) is 0 Å². The smallest absolute Gasteiger partial charge is 0.136 e. The third-order valence-corrected chi connectivity index (χ3v) is 5.33. The fraction of sp³-hybridized carbons (Fsp3) is 0.227. The van der Waals surface area contributed by atoms with Gasteiger partial charge in [-0.25, -0.2) is 4.98 Å². The predicted molar refractivity (Wildman–Crippen MR) is 102 cm³/mol. The molecule has 3 aromatic rings. The van der Waals surface area contributed by atoms with Gasteiger partial charge in [-0.1, -0.05) is 54.6 Å². The van der Waals surface area contributed by atoms with Gasteiger partial charge in [-0.05, 0) is 42.2 Å². The van der Waals surface area contributed by atoms with Crippen molar-refractivity contribution in [3.8, 4) is 0 Å². The average Bonchev–Trinajstić information content (AvgIpc) is 3.01. The van der Waals surface area contributed by atoms with E-state index in [1.54, 1.807) is 0 Å². The lowest BCUT2D eigenvalue weighted by molar-refractivity contribution is 0.900. The minimum absolute atomic E-state index is 1.07. The van der Waals surface area contributed by atoms with Crippen LogP contribution in [0.3, 0.4) is 0 Å². The van der Waals surface area contributed by atoms with Gasteiger partial charge in [0, 0.05) is 18.0 Å². The number of aryl methyl sites for hydroxylation is 2. The van der Waals surface area contributed by atoms with Crippen LogP contribution in [0.4, 0.5) is 0 Å².